The Morgan fingerprint density at radius 2 is 2.24 bits per heavy atom. The first-order chi connectivity index (χ1) is 8.29. The van der Waals surface area contributed by atoms with Crippen molar-refractivity contribution in [3.63, 3.8) is 0 Å². The standard InChI is InChI=1S/C13H20N4/c1-3-4-5-6-14-8-12-9-15-13-7-11(2)16-17(13)10-12/h7,9-10,14H,3-6,8H2,1-2H3. The van der Waals surface area contributed by atoms with Crippen LogP contribution in [0.15, 0.2) is 18.5 Å². The van der Waals surface area contributed by atoms with Crippen LogP contribution in [0, 0.1) is 6.92 Å². The van der Waals surface area contributed by atoms with Crippen molar-refractivity contribution in [1.29, 1.82) is 0 Å². The van der Waals surface area contributed by atoms with Gasteiger partial charge >= 0.3 is 0 Å². The van der Waals surface area contributed by atoms with Gasteiger partial charge in [-0.2, -0.15) is 5.10 Å². The molecule has 0 saturated carbocycles. The summed E-state index contributed by atoms with van der Waals surface area (Å²) >= 11 is 0. The van der Waals surface area contributed by atoms with E-state index in [9.17, 15) is 0 Å². The molecule has 4 nitrogen and oxygen atoms in total. The van der Waals surface area contributed by atoms with E-state index in [1.54, 1.807) is 0 Å². The molecule has 0 aromatic carbocycles. The van der Waals surface area contributed by atoms with Gasteiger partial charge in [0, 0.05) is 30.6 Å². The fourth-order valence-electron chi connectivity index (χ4n) is 1.86. The summed E-state index contributed by atoms with van der Waals surface area (Å²) in [6, 6.07) is 1.98. The molecule has 0 amide bonds. The molecule has 0 unspecified atom stereocenters. The van der Waals surface area contributed by atoms with Gasteiger partial charge < -0.3 is 5.32 Å². The quantitative estimate of drug-likeness (QED) is 0.777. The third-order valence-corrected chi connectivity index (χ3v) is 2.78. The Morgan fingerprint density at radius 1 is 1.35 bits per heavy atom. The van der Waals surface area contributed by atoms with Gasteiger partial charge in [0.15, 0.2) is 5.65 Å². The van der Waals surface area contributed by atoms with Crippen LogP contribution < -0.4 is 5.32 Å². The van der Waals surface area contributed by atoms with Crippen molar-refractivity contribution in [3.05, 3.63) is 29.7 Å². The van der Waals surface area contributed by atoms with Gasteiger partial charge in [-0.15, -0.1) is 0 Å². The van der Waals surface area contributed by atoms with E-state index in [1.807, 2.05) is 29.9 Å². The van der Waals surface area contributed by atoms with Crippen LogP contribution in [0.25, 0.3) is 5.65 Å². The first kappa shape index (κ1) is 12.0. The molecule has 4 heteroatoms. The molecule has 0 aliphatic heterocycles. The summed E-state index contributed by atoms with van der Waals surface area (Å²) in [4.78, 5) is 4.38. The van der Waals surface area contributed by atoms with E-state index >= 15 is 0 Å². The SMILES string of the molecule is CCCCCNCc1cnc2cc(C)nn2c1. The number of nitrogens with one attached hydrogen (secondary N) is 1. The van der Waals surface area contributed by atoms with Gasteiger partial charge in [0.05, 0.1) is 5.69 Å². The lowest BCUT2D eigenvalue weighted by Gasteiger charge is -2.04. The first-order valence-corrected chi connectivity index (χ1v) is 6.31. The van der Waals surface area contributed by atoms with Crippen LogP contribution in [0.3, 0.4) is 0 Å². The van der Waals surface area contributed by atoms with Gasteiger partial charge in [0.2, 0.25) is 0 Å². The molecular formula is C13H20N4. The van der Waals surface area contributed by atoms with Crippen LogP contribution in [-0.2, 0) is 6.54 Å². The third kappa shape index (κ3) is 3.27. The van der Waals surface area contributed by atoms with Crippen molar-refractivity contribution in [2.24, 2.45) is 0 Å². The van der Waals surface area contributed by atoms with Gasteiger partial charge in [-0.25, -0.2) is 9.50 Å². The zero-order valence-corrected chi connectivity index (χ0v) is 10.6. The highest BCUT2D eigenvalue weighted by molar-refractivity contribution is 5.38. The molecule has 2 heterocycles. The lowest BCUT2D eigenvalue weighted by Crippen LogP contribution is -2.15. The Bertz CT molecular complexity index is 475. The van der Waals surface area contributed by atoms with Crippen LogP contribution in [0.2, 0.25) is 0 Å². The van der Waals surface area contributed by atoms with E-state index < -0.39 is 0 Å². The largest absolute Gasteiger partial charge is 0.313 e. The second-order valence-electron chi connectivity index (χ2n) is 4.43. The molecule has 0 fully saturated rings. The summed E-state index contributed by atoms with van der Waals surface area (Å²) in [7, 11) is 0. The molecule has 0 spiro atoms. The zero-order chi connectivity index (χ0) is 12.1. The van der Waals surface area contributed by atoms with Crippen molar-refractivity contribution in [3.8, 4) is 0 Å². The average molecular weight is 232 g/mol. The molecule has 0 aliphatic carbocycles. The van der Waals surface area contributed by atoms with E-state index in [2.05, 4.69) is 22.3 Å². The van der Waals surface area contributed by atoms with E-state index in [-0.39, 0.29) is 0 Å². The number of nitrogens with zero attached hydrogens (tertiary/aromatic N) is 3. The van der Waals surface area contributed by atoms with Gasteiger partial charge in [-0.1, -0.05) is 19.8 Å². The van der Waals surface area contributed by atoms with Crippen molar-refractivity contribution in [1.82, 2.24) is 19.9 Å². The van der Waals surface area contributed by atoms with Crippen LogP contribution >= 0.6 is 0 Å². The van der Waals surface area contributed by atoms with Crippen molar-refractivity contribution in [2.45, 2.75) is 39.7 Å². The number of hydrogen-bond donors (Lipinski definition) is 1. The number of fused-ring (bicyclic) bond motifs is 1. The maximum atomic E-state index is 4.38. The molecule has 1 N–H and O–H groups in total. The normalized spacial score (nSPS) is 11.2. The van der Waals surface area contributed by atoms with E-state index in [1.165, 1.54) is 24.8 Å². The van der Waals surface area contributed by atoms with Crippen LogP contribution in [-0.4, -0.2) is 21.1 Å². The Hall–Kier alpha value is -1.42. The summed E-state index contributed by atoms with van der Waals surface area (Å²) in [5.41, 5.74) is 3.10. The minimum atomic E-state index is 0.867. The second kappa shape index (κ2) is 5.77. The monoisotopic (exact) mass is 232 g/mol. The van der Waals surface area contributed by atoms with E-state index in [0.717, 1.165) is 24.4 Å². The molecule has 17 heavy (non-hydrogen) atoms. The van der Waals surface area contributed by atoms with E-state index in [4.69, 9.17) is 0 Å². The molecule has 0 atom stereocenters. The van der Waals surface area contributed by atoms with Gasteiger partial charge in [0.1, 0.15) is 0 Å². The molecular weight excluding hydrogens is 212 g/mol. The van der Waals surface area contributed by atoms with Crippen LogP contribution in [0.4, 0.5) is 0 Å². The molecule has 0 saturated heterocycles. The Morgan fingerprint density at radius 3 is 3.06 bits per heavy atom. The summed E-state index contributed by atoms with van der Waals surface area (Å²) in [6.45, 7) is 6.14. The maximum Gasteiger partial charge on any atom is 0.155 e. The van der Waals surface area contributed by atoms with Gasteiger partial charge in [-0.3, -0.25) is 0 Å². The van der Waals surface area contributed by atoms with Crippen LogP contribution in [0.1, 0.15) is 37.4 Å². The van der Waals surface area contributed by atoms with Crippen molar-refractivity contribution < 1.29 is 0 Å². The number of aromatic nitrogens is 3. The summed E-state index contributed by atoms with van der Waals surface area (Å²) in [5.74, 6) is 0. The van der Waals surface area contributed by atoms with Crippen molar-refractivity contribution >= 4 is 5.65 Å². The highest BCUT2D eigenvalue weighted by Crippen LogP contribution is 2.04. The highest BCUT2D eigenvalue weighted by Gasteiger charge is 2.00. The zero-order valence-electron chi connectivity index (χ0n) is 10.6. The molecule has 0 bridgehead atoms. The Balaban J connectivity index is 1.90. The first-order valence-electron chi connectivity index (χ1n) is 6.31. The molecule has 0 aliphatic rings. The molecule has 0 radical (unpaired) electrons. The fraction of sp³-hybridized carbons (Fsp3) is 0.538. The van der Waals surface area contributed by atoms with Gasteiger partial charge in [0.25, 0.3) is 0 Å². The highest BCUT2D eigenvalue weighted by atomic mass is 15.2. The minimum Gasteiger partial charge on any atom is -0.313 e. The number of rotatable bonds is 6. The summed E-state index contributed by atoms with van der Waals surface area (Å²) in [5, 5.41) is 7.78. The number of hydrogen-bond acceptors (Lipinski definition) is 3. The molecule has 2 aromatic heterocycles. The second-order valence-corrected chi connectivity index (χ2v) is 4.43. The third-order valence-electron chi connectivity index (χ3n) is 2.78. The topological polar surface area (TPSA) is 42.2 Å². The predicted octanol–water partition coefficient (Wildman–Crippen LogP) is 2.32. The molecule has 2 rings (SSSR count). The van der Waals surface area contributed by atoms with Crippen molar-refractivity contribution in [2.75, 3.05) is 6.54 Å². The fourth-order valence-corrected chi connectivity index (χ4v) is 1.86. The predicted molar refractivity (Wildman–Crippen MR) is 69.0 cm³/mol. The Labute approximate surface area is 102 Å². The van der Waals surface area contributed by atoms with E-state index in [0.29, 0.717) is 0 Å². The molecule has 2 aromatic rings. The Kier molecular flexibility index (Phi) is 4.09. The number of aryl methyl sites for hydroxylation is 1. The lowest BCUT2D eigenvalue weighted by atomic mass is 10.2. The maximum absolute atomic E-state index is 4.38. The average Bonchev–Trinajstić information content (AvgIpc) is 2.68. The van der Waals surface area contributed by atoms with Gasteiger partial charge in [-0.05, 0) is 19.9 Å². The minimum absolute atomic E-state index is 0.867. The summed E-state index contributed by atoms with van der Waals surface area (Å²) in [6.07, 6.45) is 7.77. The lowest BCUT2D eigenvalue weighted by molar-refractivity contribution is 0.614. The number of unbranched alkanes of at least 4 members (excludes halogenated alkanes) is 2. The summed E-state index contributed by atoms with van der Waals surface area (Å²) < 4.78 is 1.85. The smallest absolute Gasteiger partial charge is 0.155 e. The van der Waals surface area contributed by atoms with Crippen LogP contribution in [0.5, 0.6) is 0 Å². The molecule has 92 valence electrons.